The lowest BCUT2D eigenvalue weighted by Gasteiger charge is -2.34. The Morgan fingerprint density at radius 3 is 2.21 bits per heavy atom. The van der Waals surface area contributed by atoms with Gasteiger partial charge in [0.1, 0.15) is 5.82 Å². The van der Waals surface area contributed by atoms with Crippen LogP contribution in [0.5, 0.6) is 11.5 Å². The highest BCUT2D eigenvalue weighted by Gasteiger charge is 2.24. The largest absolute Gasteiger partial charge is 0.493 e. The second kappa shape index (κ2) is 10.8. The van der Waals surface area contributed by atoms with E-state index in [4.69, 9.17) is 9.47 Å². The number of nitrogens with one attached hydrogen (secondary N) is 2. The topological polar surface area (TPSA) is 100 Å². The molecule has 1 aliphatic heterocycles. The molecule has 3 amide bonds. The Hall–Kier alpha value is -3.66. The van der Waals surface area contributed by atoms with Crippen LogP contribution in [-0.4, -0.2) is 74.5 Å². The van der Waals surface area contributed by atoms with E-state index in [0.717, 1.165) is 0 Å². The van der Waals surface area contributed by atoms with Crippen LogP contribution >= 0.6 is 0 Å². The Bertz CT molecular complexity index is 1040. The third kappa shape index (κ3) is 5.98. The van der Waals surface area contributed by atoms with Crippen LogP contribution in [0.1, 0.15) is 26.3 Å². The van der Waals surface area contributed by atoms with Crippen molar-refractivity contribution in [2.24, 2.45) is 0 Å². The molecule has 1 saturated heterocycles. The molecule has 0 unspecified atom stereocenters. The number of aryl methyl sites for hydroxylation is 1. The Kier molecular flexibility index (Phi) is 7.83. The summed E-state index contributed by atoms with van der Waals surface area (Å²) in [5, 5.41) is 0. The summed E-state index contributed by atoms with van der Waals surface area (Å²) in [6.45, 7) is 3.50. The van der Waals surface area contributed by atoms with Gasteiger partial charge in [0, 0.05) is 37.3 Å². The van der Waals surface area contributed by atoms with Crippen molar-refractivity contribution in [1.29, 1.82) is 0 Å². The molecule has 1 aliphatic rings. The van der Waals surface area contributed by atoms with Crippen molar-refractivity contribution >= 4 is 17.7 Å². The number of halogens is 1. The van der Waals surface area contributed by atoms with E-state index in [1.807, 2.05) is 4.90 Å². The van der Waals surface area contributed by atoms with E-state index in [1.54, 1.807) is 36.1 Å². The zero-order valence-electron chi connectivity index (χ0n) is 18.8. The highest BCUT2D eigenvalue weighted by Crippen LogP contribution is 2.27. The molecule has 9 nitrogen and oxygen atoms in total. The summed E-state index contributed by atoms with van der Waals surface area (Å²) in [7, 11) is 2.96. The monoisotopic (exact) mass is 458 g/mol. The molecule has 3 rings (SSSR count). The highest BCUT2D eigenvalue weighted by molar-refractivity contribution is 5.96. The minimum absolute atomic E-state index is 0.0629. The van der Waals surface area contributed by atoms with Gasteiger partial charge in [0.15, 0.2) is 11.5 Å². The number of carbonyl (C=O) groups is 3. The summed E-state index contributed by atoms with van der Waals surface area (Å²) >= 11 is 0. The Labute approximate surface area is 191 Å². The van der Waals surface area contributed by atoms with E-state index in [0.29, 0.717) is 54.4 Å². The lowest BCUT2D eigenvalue weighted by atomic mass is 10.1. The molecule has 2 aromatic rings. The van der Waals surface area contributed by atoms with Crippen LogP contribution in [0, 0.1) is 12.7 Å². The van der Waals surface area contributed by atoms with Gasteiger partial charge in [0.25, 0.3) is 17.7 Å². The molecule has 0 atom stereocenters. The first-order valence-corrected chi connectivity index (χ1v) is 10.4. The minimum Gasteiger partial charge on any atom is -0.493 e. The molecule has 0 aliphatic carbocycles. The average Bonchev–Trinajstić information content (AvgIpc) is 2.83. The summed E-state index contributed by atoms with van der Waals surface area (Å²) in [4.78, 5) is 40.6. The number of benzene rings is 2. The van der Waals surface area contributed by atoms with Gasteiger partial charge in [-0.05, 0) is 42.8 Å². The van der Waals surface area contributed by atoms with Gasteiger partial charge in [-0.2, -0.15) is 0 Å². The number of methoxy groups -OCH3 is 2. The molecule has 2 N–H and O–H groups in total. The average molecular weight is 458 g/mol. The smallest absolute Gasteiger partial charge is 0.269 e. The third-order valence-electron chi connectivity index (χ3n) is 5.41. The van der Waals surface area contributed by atoms with Crippen molar-refractivity contribution in [1.82, 2.24) is 20.7 Å². The van der Waals surface area contributed by atoms with Crippen molar-refractivity contribution < 1.29 is 28.2 Å². The van der Waals surface area contributed by atoms with E-state index in [1.165, 1.54) is 26.4 Å². The lowest BCUT2D eigenvalue weighted by Crippen LogP contribution is -2.53. The fraction of sp³-hybridized carbons (Fsp3) is 0.348. The van der Waals surface area contributed by atoms with Crippen LogP contribution in [0.4, 0.5) is 4.39 Å². The lowest BCUT2D eigenvalue weighted by molar-refractivity contribution is -0.123. The van der Waals surface area contributed by atoms with Gasteiger partial charge < -0.3 is 14.4 Å². The Morgan fingerprint density at radius 2 is 1.58 bits per heavy atom. The SMILES string of the molecule is COc1ccc(C(=O)NNC(=O)CN2CCN(C(=O)c3ccc(C)c(F)c3)CC2)cc1OC. The number of hydrogen-bond acceptors (Lipinski definition) is 6. The third-order valence-corrected chi connectivity index (χ3v) is 5.41. The molecule has 0 aromatic heterocycles. The predicted octanol–water partition coefficient (Wildman–Crippen LogP) is 1.37. The van der Waals surface area contributed by atoms with E-state index >= 15 is 0 Å². The molecular weight excluding hydrogens is 431 g/mol. The van der Waals surface area contributed by atoms with Crippen LogP contribution < -0.4 is 20.3 Å². The summed E-state index contributed by atoms with van der Waals surface area (Å²) in [5.41, 5.74) is 5.86. The predicted molar refractivity (Wildman–Crippen MR) is 119 cm³/mol. The maximum Gasteiger partial charge on any atom is 0.269 e. The van der Waals surface area contributed by atoms with Crippen molar-refractivity contribution in [3.8, 4) is 11.5 Å². The molecule has 33 heavy (non-hydrogen) atoms. The van der Waals surface area contributed by atoms with Gasteiger partial charge in [0.2, 0.25) is 0 Å². The van der Waals surface area contributed by atoms with Crippen molar-refractivity contribution in [2.45, 2.75) is 6.92 Å². The summed E-state index contributed by atoms with van der Waals surface area (Å²) in [5.74, 6) is -0.638. The van der Waals surface area contributed by atoms with Crippen LogP contribution in [0.25, 0.3) is 0 Å². The summed E-state index contributed by atoms with van der Waals surface area (Å²) < 4.78 is 24.1. The summed E-state index contributed by atoms with van der Waals surface area (Å²) in [6.07, 6.45) is 0. The molecule has 0 radical (unpaired) electrons. The zero-order valence-corrected chi connectivity index (χ0v) is 18.8. The molecule has 176 valence electrons. The molecule has 0 saturated carbocycles. The summed E-state index contributed by atoms with van der Waals surface area (Å²) in [6, 6.07) is 9.11. The quantitative estimate of drug-likeness (QED) is 0.635. The van der Waals surface area contributed by atoms with Gasteiger partial charge >= 0.3 is 0 Å². The molecule has 0 spiro atoms. The fourth-order valence-electron chi connectivity index (χ4n) is 3.44. The normalized spacial score (nSPS) is 13.9. The first-order valence-electron chi connectivity index (χ1n) is 10.4. The van der Waals surface area contributed by atoms with Gasteiger partial charge in [-0.1, -0.05) is 6.07 Å². The second-order valence-electron chi connectivity index (χ2n) is 7.60. The molecule has 10 heteroatoms. The van der Waals surface area contributed by atoms with Crippen molar-refractivity contribution in [2.75, 3.05) is 46.9 Å². The first kappa shape index (κ1) is 24.0. The molecule has 1 heterocycles. The molecule has 0 bridgehead atoms. The minimum atomic E-state index is -0.495. The number of nitrogens with zero attached hydrogens (tertiary/aromatic N) is 2. The fourth-order valence-corrected chi connectivity index (χ4v) is 3.44. The van der Waals surface area contributed by atoms with Crippen LogP contribution in [0.2, 0.25) is 0 Å². The maximum atomic E-state index is 13.8. The van der Waals surface area contributed by atoms with E-state index < -0.39 is 11.7 Å². The molecule has 2 aromatic carbocycles. The zero-order chi connectivity index (χ0) is 24.0. The highest BCUT2D eigenvalue weighted by atomic mass is 19.1. The standard InChI is InChI=1S/C23H27FN4O5/c1-15-4-5-17(12-18(15)24)23(31)28-10-8-27(9-11-28)14-21(29)25-26-22(30)16-6-7-19(32-2)20(13-16)33-3/h4-7,12-13H,8-11,14H2,1-3H3,(H,25,29)(H,26,30). The van der Waals surface area contributed by atoms with Crippen molar-refractivity contribution in [3.05, 3.63) is 58.9 Å². The van der Waals surface area contributed by atoms with Gasteiger partial charge in [-0.3, -0.25) is 30.1 Å². The van der Waals surface area contributed by atoms with E-state index in [-0.39, 0.29) is 18.4 Å². The molecular formula is C23H27FN4O5. The van der Waals surface area contributed by atoms with Crippen LogP contribution in [0.3, 0.4) is 0 Å². The van der Waals surface area contributed by atoms with Crippen LogP contribution in [-0.2, 0) is 4.79 Å². The van der Waals surface area contributed by atoms with E-state index in [2.05, 4.69) is 10.9 Å². The van der Waals surface area contributed by atoms with E-state index in [9.17, 15) is 18.8 Å². The number of carbonyl (C=O) groups excluding carboxylic acids is 3. The number of amides is 3. The maximum absolute atomic E-state index is 13.8. The van der Waals surface area contributed by atoms with Gasteiger partial charge in [0.05, 0.1) is 20.8 Å². The number of ether oxygens (including phenoxy) is 2. The Morgan fingerprint density at radius 1 is 0.909 bits per heavy atom. The van der Waals surface area contributed by atoms with Gasteiger partial charge in [-0.15, -0.1) is 0 Å². The number of piperazine rings is 1. The number of hydrogen-bond donors (Lipinski definition) is 2. The van der Waals surface area contributed by atoms with Crippen molar-refractivity contribution in [3.63, 3.8) is 0 Å². The number of hydrazine groups is 1. The Balaban J connectivity index is 1.45. The second-order valence-corrected chi connectivity index (χ2v) is 7.60. The first-order chi connectivity index (χ1) is 15.8. The molecule has 1 fully saturated rings. The van der Waals surface area contributed by atoms with Crippen LogP contribution in [0.15, 0.2) is 36.4 Å². The number of rotatable bonds is 6. The van der Waals surface area contributed by atoms with Gasteiger partial charge in [-0.25, -0.2) is 4.39 Å².